The molecule has 0 saturated carbocycles. The molecule has 0 spiro atoms. The fourth-order valence-corrected chi connectivity index (χ4v) is 2.84. The lowest BCUT2D eigenvalue weighted by Crippen LogP contribution is -2.39. The average Bonchev–Trinajstić information content (AvgIpc) is 2.71. The van der Waals surface area contributed by atoms with Gasteiger partial charge in [-0.15, -0.1) is 0 Å². The minimum atomic E-state index is 0.479. The molecule has 1 aliphatic heterocycles. The van der Waals surface area contributed by atoms with Crippen molar-refractivity contribution < 1.29 is 18.9 Å². The van der Waals surface area contributed by atoms with Gasteiger partial charge in [0.25, 0.3) is 0 Å². The standard InChI is InChI=1S/C18H28N4O4S/c1-23-15-12-17(25-3)16(24-2)11-14(15)13-20-21-18(27)19-5-4-6-22-7-9-26-10-8-22/h11-13H,4-10H2,1-3H3,(H2,19,21,27)/b20-13+. The number of thiocarbonyl (C=S) groups is 1. The Morgan fingerprint density at radius 1 is 1.15 bits per heavy atom. The van der Waals surface area contributed by atoms with Crippen molar-refractivity contribution >= 4 is 23.5 Å². The molecule has 27 heavy (non-hydrogen) atoms. The third kappa shape index (κ3) is 6.85. The molecule has 0 bridgehead atoms. The lowest BCUT2D eigenvalue weighted by Gasteiger charge is -2.26. The Bertz CT molecular complexity index is 636. The van der Waals surface area contributed by atoms with E-state index in [9.17, 15) is 0 Å². The van der Waals surface area contributed by atoms with Crippen LogP contribution in [-0.4, -0.2) is 76.9 Å². The summed E-state index contributed by atoms with van der Waals surface area (Å²) in [5.41, 5.74) is 3.56. The maximum Gasteiger partial charge on any atom is 0.186 e. The minimum Gasteiger partial charge on any atom is -0.496 e. The summed E-state index contributed by atoms with van der Waals surface area (Å²) in [7, 11) is 4.75. The third-order valence-corrected chi connectivity index (χ3v) is 4.38. The molecule has 150 valence electrons. The molecule has 2 rings (SSSR count). The van der Waals surface area contributed by atoms with Gasteiger partial charge in [-0.2, -0.15) is 5.10 Å². The van der Waals surface area contributed by atoms with Gasteiger partial charge in [0.05, 0.1) is 40.8 Å². The first-order valence-corrected chi connectivity index (χ1v) is 9.25. The van der Waals surface area contributed by atoms with Crippen molar-refractivity contribution in [1.29, 1.82) is 0 Å². The zero-order valence-corrected chi connectivity index (χ0v) is 16.9. The summed E-state index contributed by atoms with van der Waals surface area (Å²) in [4.78, 5) is 2.39. The Hall–Kier alpha value is -2.10. The van der Waals surface area contributed by atoms with Crippen LogP contribution < -0.4 is 25.0 Å². The summed E-state index contributed by atoms with van der Waals surface area (Å²) in [5.74, 6) is 1.82. The normalized spacial score (nSPS) is 14.8. The summed E-state index contributed by atoms with van der Waals surface area (Å²) in [6, 6.07) is 3.55. The predicted octanol–water partition coefficient (Wildman–Crippen LogP) is 1.23. The molecule has 2 N–H and O–H groups in total. The highest BCUT2D eigenvalue weighted by atomic mass is 32.1. The second kappa shape index (κ2) is 11.6. The average molecular weight is 397 g/mol. The van der Waals surface area contributed by atoms with Crippen LogP contribution in [0.1, 0.15) is 12.0 Å². The highest BCUT2D eigenvalue weighted by molar-refractivity contribution is 7.80. The van der Waals surface area contributed by atoms with Crippen LogP contribution in [0.4, 0.5) is 0 Å². The fraction of sp³-hybridized carbons (Fsp3) is 0.556. The zero-order chi connectivity index (χ0) is 19.5. The van der Waals surface area contributed by atoms with Crippen molar-refractivity contribution in [3.05, 3.63) is 17.7 Å². The molecule has 0 radical (unpaired) electrons. The van der Waals surface area contributed by atoms with Crippen LogP contribution in [0.25, 0.3) is 0 Å². The topological polar surface area (TPSA) is 76.6 Å². The number of hydrogen-bond acceptors (Lipinski definition) is 7. The molecule has 0 aromatic heterocycles. The van der Waals surface area contributed by atoms with E-state index in [0.29, 0.717) is 22.4 Å². The van der Waals surface area contributed by atoms with E-state index in [4.69, 9.17) is 31.2 Å². The lowest BCUT2D eigenvalue weighted by atomic mass is 10.2. The molecule has 1 saturated heterocycles. The van der Waals surface area contributed by atoms with E-state index in [1.54, 1.807) is 39.7 Å². The minimum absolute atomic E-state index is 0.479. The van der Waals surface area contributed by atoms with Crippen molar-refractivity contribution in [1.82, 2.24) is 15.6 Å². The van der Waals surface area contributed by atoms with Crippen LogP contribution in [0.2, 0.25) is 0 Å². The third-order valence-electron chi connectivity index (χ3n) is 4.15. The van der Waals surface area contributed by atoms with E-state index in [-0.39, 0.29) is 0 Å². The molecular weight excluding hydrogens is 368 g/mol. The van der Waals surface area contributed by atoms with Crippen LogP contribution in [0, 0.1) is 0 Å². The fourth-order valence-electron chi connectivity index (χ4n) is 2.68. The molecule has 1 aromatic carbocycles. The Morgan fingerprint density at radius 2 is 1.81 bits per heavy atom. The predicted molar refractivity (Wildman–Crippen MR) is 109 cm³/mol. The van der Waals surface area contributed by atoms with E-state index in [1.807, 2.05) is 0 Å². The van der Waals surface area contributed by atoms with Crippen LogP contribution in [-0.2, 0) is 4.74 Å². The highest BCUT2D eigenvalue weighted by Crippen LogP contribution is 2.33. The molecule has 1 fully saturated rings. The largest absolute Gasteiger partial charge is 0.496 e. The number of ether oxygens (including phenoxy) is 4. The van der Waals surface area contributed by atoms with Crippen molar-refractivity contribution in [3.63, 3.8) is 0 Å². The number of hydrogen-bond donors (Lipinski definition) is 2. The number of morpholine rings is 1. The van der Waals surface area contributed by atoms with Gasteiger partial charge in [-0.3, -0.25) is 10.3 Å². The number of nitrogens with zero attached hydrogens (tertiary/aromatic N) is 2. The Balaban J connectivity index is 1.77. The summed E-state index contributed by atoms with van der Waals surface area (Å²) in [5, 5.41) is 7.80. The zero-order valence-electron chi connectivity index (χ0n) is 16.1. The summed E-state index contributed by atoms with van der Waals surface area (Å²) >= 11 is 5.24. The van der Waals surface area contributed by atoms with Crippen molar-refractivity contribution in [3.8, 4) is 17.2 Å². The molecule has 0 unspecified atom stereocenters. The summed E-state index contributed by atoms with van der Waals surface area (Å²) in [6.07, 6.45) is 2.64. The molecule has 9 heteroatoms. The van der Waals surface area contributed by atoms with E-state index < -0.39 is 0 Å². The van der Waals surface area contributed by atoms with Gasteiger partial charge in [-0.25, -0.2) is 0 Å². The van der Waals surface area contributed by atoms with Gasteiger partial charge in [0.15, 0.2) is 16.6 Å². The van der Waals surface area contributed by atoms with Crippen LogP contribution in [0.5, 0.6) is 17.2 Å². The lowest BCUT2D eigenvalue weighted by molar-refractivity contribution is 0.0376. The summed E-state index contributed by atoms with van der Waals surface area (Å²) < 4.78 is 21.3. The molecule has 1 aromatic rings. The Morgan fingerprint density at radius 3 is 2.48 bits per heavy atom. The molecule has 1 aliphatic rings. The summed E-state index contributed by atoms with van der Waals surface area (Å²) in [6.45, 7) is 5.47. The first-order valence-electron chi connectivity index (χ1n) is 8.85. The number of benzene rings is 1. The second-order valence-electron chi connectivity index (χ2n) is 5.88. The van der Waals surface area contributed by atoms with Gasteiger partial charge in [0.2, 0.25) is 0 Å². The van der Waals surface area contributed by atoms with Gasteiger partial charge < -0.3 is 24.3 Å². The van der Waals surface area contributed by atoms with Crippen molar-refractivity contribution in [2.45, 2.75) is 6.42 Å². The number of hydrazone groups is 1. The van der Waals surface area contributed by atoms with E-state index in [0.717, 1.165) is 51.4 Å². The van der Waals surface area contributed by atoms with Gasteiger partial charge in [-0.05, 0) is 31.2 Å². The molecule has 1 heterocycles. The van der Waals surface area contributed by atoms with Gasteiger partial charge >= 0.3 is 0 Å². The first kappa shape index (κ1) is 21.2. The van der Waals surface area contributed by atoms with E-state index >= 15 is 0 Å². The van der Waals surface area contributed by atoms with Crippen molar-refractivity contribution in [2.24, 2.45) is 5.10 Å². The highest BCUT2D eigenvalue weighted by Gasteiger charge is 2.11. The van der Waals surface area contributed by atoms with Crippen LogP contribution >= 0.6 is 12.2 Å². The molecule has 8 nitrogen and oxygen atoms in total. The monoisotopic (exact) mass is 396 g/mol. The maximum absolute atomic E-state index is 5.37. The first-order chi connectivity index (χ1) is 13.2. The smallest absolute Gasteiger partial charge is 0.186 e. The van der Waals surface area contributed by atoms with E-state index in [1.165, 1.54) is 0 Å². The molecule has 0 aliphatic carbocycles. The second-order valence-corrected chi connectivity index (χ2v) is 6.29. The van der Waals surface area contributed by atoms with Crippen molar-refractivity contribution in [2.75, 3.05) is 60.7 Å². The Labute approximate surface area is 165 Å². The maximum atomic E-state index is 5.37. The quantitative estimate of drug-likeness (QED) is 0.279. The van der Waals surface area contributed by atoms with Gasteiger partial charge in [-0.1, -0.05) is 0 Å². The van der Waals surface area contributed by atoms with E-state index in [2.05, 4.69) is 20.7 Å². The van der Waals surface area contributed by atoms with Crippen LogP contribution in [0.15, 0.2) is 17.2 Å². The van der Waals surface area contributed by atoms with Gasteiger partial charge in [0.1, 0.15) is 5.75 Å². The number of methoxy groups -OCH3 is 3. The Kier molecular flexibility index (Phi) is 9.09. The number of nitrogens with one attached hydrogen (secondary N) is 2. The molecular formula is C18H28N4O4S. The molecule has 0 amide bonds. The SMILES string of the molecule is COc1cc(OC)c(OC)cc1/C=N/NC(=S)NCCCN1CCOCC1. The number of rotatable bonds is 9. The van der Waals surface area contributed by atoms with Gasteiger partial charge in [0, 0.05) is 31.3 Å². The molecule has 0 atom stereocenters. The van der Waals surface area contributed by atoms with Crippen LogP contribution in [0.3, 0.4) is 0 Å².